The number of hydrogen-bond donors (Lipinski definition) is 4. The van der Waals surface area contributed by atoms with Crippen LogP contribution in [0.1, 0.15) is 61.9 Å². The van der Waals surface area contributed by atoms with Crippen LogP contribution in [-0.2, 0) is 24.4 Å². The largest absolute Gasteiger partial charge is 0.501 e. The summed E-state index contributed by atoms with van der Waals surface area (Å²) in [5.41, 5.74) is -1.19. The van der Waals surface area contributed by atoms with Crippen molar-refractivity contribution >= 4 is 73.7 Å². The molecule has 3 aliphatic rings. The fourth-order valence-electron chi connectivity index (χ4n) is 9.40. The van der Waals surface area contributed by atoms with Gasteiger partial charge >= 0.3 is 13.1 Å². The summed E-state index contributed by atoms with van der Waals surface area (Å²) in [6.45, 7) is 12.1. The van der Waals surface area contributed by atoms with Gasteiger partial charge in [0.1, 0.15) is 4.90 Å². The van der Waals surface area contributed by atoms with Gasteiger partial charge in [0.2, 0.25) is 0 Å². The molecule has 2 saturated heterocycles. The number of anilines is 2. The number of halogens is 4. The van der Waals surface area contributed by atoms with E-state index in [0.29, 0.717) is 69.0 Å². The molecule has 4 aromatic rings. The van der Waals surface area contributed by atoms with Crippen molar-refractivity contribution < 1.29 is 49.2 Å². The SMILES string of the molecule is CC1(C)CCC(c2ccc(Cl)cc2)=C(CN2CCN(c3ccc(C(=O)NS(=O)(=O)c4ccc(N[C@H](CCN5CCN(CCCP(=O)(O)O)CC5)CSc5ccccc5)c(S(=O)(=O)C(F)(F)F)c4)cc3)CC2)C1. The molecule has 0 radical (unpaired) electrons. The Morgan fingerprint density at radius 1 is 0.833 bits per heavy atom. The number of benzene rings is 4. The molecule has 14 nitrogen and oxygen atoms in total. The monoisotopic (exact) mass is 1090 g/mol. The molecule has 2 aliphatic heterocycles. The van der Waals surface area contributed by atoms with Crippen molar-refractivity contribution in [3.63, 3.8) is 0 Å². The number of nitrogens with zero attached hydrogens (tertiary/aromatic N) is 4. The number of rotatable bonds is 20. The van der Waals surface area contributed by atoms with Gasteiger partial charge in [0.05, 0.1) is 16.7 Å². The van der Waals surface area contributed by atoms with Crippen LogP contribution < -0.4 is 14.9 Å². The summed E-state index contributed by atoms with van der Waals surface area (Å²) in [5.74, 6) is -0.735. The van der Waals surface area contributed by atoms with Gasteiger partial charge in [-0.3, -0.25) is 14.3 Å². The molecule has 1 aliphatic carbocycles. The molecule has 2 fully saturated rings. The minimum absolute atomic E-state index is 0.0240. The lowest BCUT2D eigenvalue weighted by molar-refractivity contribution is -0.0436. The average molecular weight is 1100 g/mol. The molecule has 0 aromatic heterocycles. The Hall–Kier alpha value is -3.95. The minimum Gasteiger partial charge on any atom is -0.380 e. The fraction of sp³-hybridized carbons (Fsp3) is 0.460. The first-order chi connectivity index (χ1) is 33.9. The van der Waals surface area contributed by atoms with E-state index in [2.05, 4.69) is 50.9 Å². The Labute approximate surface area is 430 Å². The van der Waals surface area contributed by atoms with Crippen molar-refractivity contribution in [3.8, 4) is 0 Å². The molecule has 0 bridgehead atoms. The predicted octanol–water partition coefficient (Wildman–Crippen LogP) is 8.69. The number of carbonyl (C=O) groups excluding carboxylic acids is 1. The lowest BCUT2D eigenvalue weighted by Gasteiger charge is -2.39. The molecule has 22 heteroatoms. The molecule has 72 heavy (non-hydrogen) atoms. The molecule has 7 rings (SSSR count). The van der Waals surface area contributed by atoms with Crippen LogP contribution >= 0.6 is 31.0 Å². The molecule has 0 spiro atoms. The van der Waals surface area contributed by atoms with Crippen LogP contribution in [0, 0.1) is 5.41 Å². The fourth-order valence-corrected chi connectivity index (χ4v) is 13.1. The first-order valence-corrected chi connectivity index (χ1v) is 30.1. The molecule has 1 atom stereocenters. The molecule has 392 valence electrons. The van der Waals surface area contributed by atoms with E-state index in [0.717, 1.165) is 74.7 Å². The number of nitrogens with one attached hydrogen (secondary N) is 2. The quantitative estimate of drug-likeness (QED) is 0.0488. The number of amides is 1. The number of allylic oxidation sites excluding steroid dienone is 1. The molecule has 2 heterocycles. The topological polar surface area (TPSA) is 180 Å². The van der Waals surface area contributed by atoms with Gasteiger partial charge in [-0.2, -0.15) is 13.2 Å². The van der Waals surface area contributed by atoms with Gasteiger partial charge in [0.15, 0.2) is 0 Å². The van der Waals surface area contributed by atoms with Crippen molar-refractivity contribution in [2.45, 2.75) is 72.2 Å². The third kappa shape index (κ3) is 15.3. The van der Waals surface area contributed by atoms with Crippen LogP contribution in [0.15, 0.2) is 117 Å². The Morgan fingerprint density at radius 2 is 1.46 bits per heavy atom. The van der Waals surface area contributed by atoms with E-state index in [1.807, 2.05) is 47.2 Å². The van der Waals surface area contributed by atoms with Gasteiger partial charge in [-0.1, -0.05) is 61.4 Å². The maximum Gasteiger partial charge on any atom is 0.501 e. The molecule has 1 amide bonds. The summed E-state index contributed by atoms with van der Waals surface area (Å²) in [6, 6.07) is 25.4. The predicted molar refractivity (Wildman–Crippen MR) is 279 cm³/mol. The second-order valence-corrected chi connectivity index (χ2v) is 26.4. The zero-order valence-corrected chi connectivity index (χ0v) is 44.5. The third-order valence-corrected chi connectivity index (χ3v) is 18.6. The highest BCUT2D eigenvalue weighted by atomic mass is 35.5. The van der Waals surface area contributed by atoms with Crippen molar-refractivity contribution in [2.75, 3.05) is 94.1 Å². The average Bonchev–Trinajstić information content (AvgIpc) is 3.33. The van der Waals surface area contributed by atoms with Crippen LogP contribution in [0.4, 0.5) is 24.5 Å². The Balaban J connectivity index is 1.00. The number of hydrogen-bond acceptors (Lipinski definition) is 12. The maximum atomic E-state index is 14.3. The lowest BCUT2D eigenvalue weighted by Crippen LogP contribution is -2.47. The molecule has 4 N–H and O–H groups in total. The zero-order chi connectivity index (χ0) is 51.9. The highest BCUT2D eigenvalue weighted by Gasteiger charge is 2.48. The zero-order valence-electron chi connectivity index (χ0n) is 40.4. The van der Waals surface area contributed by atoms with Crippen molar-refractivity contribution in [2.24, 2.45) is 5.41 Å². The number of alkyl halides is 3. The highest BCUT2D eigenvalue weighted by Crippen LogP contribution is 2.43. The first kappa shape index (κ1) is 55.8. The Kier molecular flexibility index (Phi) is 18.4. The standard InChI is InChI=1S/C50H63ClF3N6O8PS3/c1-49(2)21-19-45(37-9-13-40(51)14-10-37)39(34-49)35-59-28-30-60(31-29-59)42-15-11-38(12-16-42)48(61)56-72(67,68)44-17-18-46(47(33-44)71(65,66)50(52,53)54)55-41(36-70-43-7-4-3-5-8-43)20-23-58-26-24-57(25-27-58)22-6-32-69(62,63)64/h3-5,7-18,33,41,55H,6,19-32,34-36H2,1-2H3,(H,56,61)(H2,62,63,64)/t41-/m1/s1. The number of sulfonamides is 1. The van der Waals surface area contributed by atoms with Crippen LogP contribution in [0.2, 0.25) is 5.02 Å². The lowest BCUT2D eigenvalue weighted by atomic mass is 9.73. The van der Waals surface area contributed by atoms with Gasteiger partial charge in [0, 0.05) is 98.4 Å². The van der Waals surface area contributed by atoms with E-state index >= 15 is 0 Å². The summed E-state index contributed by atoms with van der Waals surface area (Å²) < 4.78 is 110. The van der Waals surface area contributed by atoms with E-state index in [1.54, 1.807) is 12.1 Å². The smallest absolute Gasteiger partial charge is 0.380 e. The van der Waals surface area contributed by atoms with Gasteiger partial charge in [-0.15, -0.1) is 11.8 Å². The minimum atomic E-state index is -6.11. The molecule has 0 unspecified atom stereocenters. The molecular weight excluding hydrogens is 1030 g/mol. The third-order valence-electron chi connectivity index (χ3n) is 13.5. The van der Waals surface area contributed by atoms with Crippen molar-refractivity contribution in [1.82, 2.24) is 19.4 Å². The maximum absolute atomic E-state index is 14.3. The van der Waals surface area contributed by atoms with E-state index in [9.17, 15) is 49.2 Å². The summed E-state index contributed by atoms with van der Waals surface area (Å²) in [4.78, 5) is 39.4. The second-order valence-electron chi connectivity index (χ2n) is 19.5. The van der Waals surface area contributed by atoms with E-state index < -0.39 is 60.4 Å². The summed E-state index contributed by atoms with van der Waals surface area (Å²) in [5, 5.41) is 3.70. The number of thioether (sulfide) groups is 1. The normalized spacial score (nSPS) is 18.2. The molecular formula is C50H63ClF3N6O8PS3. The molecule has 4 aromatic carbocycles. The summed E-state index contributed by atoms with van der Waals surface area (Å²) in [7, 11) is -15.1. The van der Waals surface area contributed by atoms with Crippen LogP contribution in [0.5, 0.6) is 0 Å². The van der Waals surface area contributed by atoms with E-state index in [1.165, 1.54) is 40.6 Å². The van der Waals surface area contributed by atoms with Crippen molar-refractivity contribution in [1.29, 1.82) is 0 Å². The number of piperazine rings is 2. The first-order valence-electron chi connectivity index (χ1n) is 24.0. The van der Waals surface area contributed by atoms with Gasteiger partial charge in [-0.25, -0.2) is 21.6 Å². The van der Waals surface area contributed by atoms with Gasteiger partial charge < -0.3 is 29.8 Å². The Bertz CT molecular complexity index is 2810. The van der Waals surface area contributed by atoms with Crippen LogP contribution in [-0.4, -0.2) is 143 Å². The van der Waals surface area contributed by atoms with E-state index in [4.69, 9.17) is 11.6 Å². The number of carbonyl (C=O) groups is 1. The van der Waals surface area contributed by atoms with E-state index in [-0.39, 0.29) is 17.1 Å². The molecule has 0 saturated carbocycles. The van der Waals surface area contributed by atoms with Gasteiger partial charge in [0.25, 0.3) is 25.8 Å². The van der Waals surface area contributed by atoms with Gasteiger partial charge in [-0.05, 0) is 122 Å². The van der Waals surface area contributed by atoms with Crippen LogP contribution in [0.3, 0.4) is 0 Å². The highest BCUT2D eigenvalue weighted by molar-refractivity contribution is 7.99. The van der Waals surface area contributed by atoms with Crippen LogP contribution in [0.25, 0.3) is 5.57 Å². The summed E-state index contributed by atoms with van der Waals surface area (Å²) >= 11 is 7.61. The Morgan fingerprint density at radius 3 is 2.08 bits per heavy atom. The second kappa shape index (κ2) is 23.7. The summed E-state index contributed by atoms with van der Waals surface area (Å²) in [6.07, 6.45) is 3.64. The number of sulfone groups is 1. The van der Waals surface area contributed by atoms with Crippen molar-refractivity contribution in [3.05, 3.63) is 119 Å².